The second-order valence-corrected chi connectivity index (χ2v) is 13.6. The topological polar surface area (TPSA) is 68.1 Å². The molecule has 2 aliphatic heterocycles. The van der Waals surface area contributed by atoms with Crippen molar-refractivity contribution in [3.8, 4) is 11.3 Å². The van der Waals surface area contributed by atoms with Crippen LogP contribution in [-0.2, 0) is 16.0 Å². The number of nitrogens with zero attached hydrogens (tertiary/aromatic N) is 4. The monoisotopic (exact) mass is 508 g/mol. The molecule has 1 spiro atoms. The van der Waals surface area contributed by atoms with Gasteiger partial charge in [-0.05, 0) is 76.6 Å². The van der Waals surface area contributed by atoms with Gasteiger partial charge in [-0.1, -0.05) is 0 Å². The zero-order chi connectivity index (χ0) is 24.8. The molecular formula is C25H31F3N4O2S. The summed E-state index contributed by atoms with van der Waals surface area (Å²) in [6.07, 6.45) is 2.09. The Morgan fingerprint density at radius 3 is 2.29 bits per heavy atom. The molecule has 4 atom stereocenters. The quantitative estimate of drug-likeness (QED) is 0.606. The van der Waals surface area contributed by atoms with Gasteiger partial charge in [-0.15, -0.1) is 0 Å². The number of piperidine rings is 1. The molecule has 2 aromatic heterocycles. The Hall–Kier alpha value is -1.94. The molecule has 10 heteroatoms. The lowest BCUT2D eigenvalue weighted by atomic mass is 9.80. The maximum Gasteiger partial charge on any atom is 0.417 e. The van der Waals surface area contributed by atoms with Crippen LogP contribution in [0.15, 0.2) is 24.5 Å². The van der Waals surface area contributed by atoms with Crippen LogP contribution < -0.4 is 0 Å². The van der Waals surface area contributed by atoms with Crippen LogP contribution in [0, 0.1) is 17.3 Å². The number of hydrogen-bond donors (Lipinski definition) is 0. The van der Waals surface area contributed by atoms with E-state index in [1.807, 2.05) is 10.7 Å². The van der Waals surface area contributed by atoms with Crippen molar-refractivity contribution in [2.45, 2.75) is 63.7 Å². The second kappa shape index (κ2) is 7.78. The number of pyridine rings is 1. The van der Waals surface area contributed by atoms with Gasteiger partial charge in [0.05, 0.1) is 22.8 Å². The largest absolute Gasteiger partial charge is 0.417 e. The minimum absolute atomic E-state index is 0.0395. The highest BCUT2D eigenvalue weighted by Crippen LogP contribution is 2.64. The van der Waals surface area contributed by atoms with Crippen molar-refractivity contribution in [2.75, 3.05) is 24.6 Å². The van der Waals surface area contributed by atoms with Gasteiger partial charge in [0, 0.05) is 47.1 Å². The first-order valence-electron chi connectivity index (χ1n) is 12.5. The van der Waals surface area contributed by atoms with Crippen LogP contribution in [0.1, 0.15) is 62.7 Å². The minimum atomic E-state index is -4.43. The summed E-state index contributed by atoms with van der Waals surface area (Å²) < 4.78 is 64.9. The Kier molecular flexibility index (Phi) is 5.21. The third-order valence-electron chi connectivity index (χ3n) is 8.80. The number of fused-ring (bicyclic) bond motifs is 1. The van der Waals surface area contributed by atoms with Gasteiger partial charge in [-0.25, -0.2) is 8.42 Å². The van der Waals surface area contributed by atoms with Crippen LogP contribution in [0.25, 0.3) is 11.3 Å². The summed E-state index contributed by atoms with van der Waals surface area (Å²) in [7, 11) is -2.79. The van der Waals surface area contributed by atoms with Gasteiger partial charge >= 0.3 is 6.18 Å². The number of likely N-dealkylation sites (tertiary alicyclic amines) is 1. The molecule has 2 aromatic rings. The van der Waals surface area contributed by atoms with Crippen molar-refractivity contribution in [1.82, 2.24) is 19.7 Å². The Balaban J connectivity index is 1.14. The standard InChI is InChI=1S/C25H31F3N4O2S/c1-15(2)32-22(10-21(30-32)16-7-17(12-29-11-16)25(26,27)28)23-19-8-18(9-20(19)23)31-5-3-24(4-6-31)13-35(33,34)14-24/h7,10-12,15,18-20,23H,3-6,8-9,13-14H2,1-2H3/t18?,19-,20+,23?. The summed E-state index contributed by atoms with van der Waals surface area (Å²) >= 11 is 0. The molecule has 4 heterocycles. The molecular weight excluding hydrogens is 477 g/mol. The van der Waals surface area contributed by atoms with Crippen LogP contribution in [0.3, 0.4) is 0 Å². The fourth-order valence-electron chi connectivity index (χ4n) is 7.04. The molecule has 0 bridgehead atoms. The van der Waals surface area contributed by atoms with E-state index in [1.165, 1.54) is 6.20 Å². The molecule has 6 rings (SSSR count). The maximum absolute atomic E-state index is 13.2. The normalized spacial score (nSPS) is 31.5. The molecule has 35 heavy (non-hydrogen) atoms. The van der Waals surface area contributed by atoms with E-state index >= 15 is 0 Å². The molecule has 4 fully saturated rings. The summed E-state index contributed by atoms with van der Waals surface area (Å²) in [6, 6.07) is 3.77. The fraction of sp³-hybridized carbons (Fsp3) is 0.680. The molecule has 2 unspecified atom stereocenters. The molecule has 190 valence electrons. The van der Waals surface area contributed by atoms with E-state index in [9.17, 15) is 21.6 Å². The van der Waals surface area contributed by atoms with Crippen molar-refractivity contribution < 1.29 is 21.6 Å². The number of rotatable bonds is 4. The number of sulfone groups is 1. The van der Waals surface area contributed by atoms with Crippen molar-refractivity contribution in [3.63, 3.8) is 0 Å². The predicted octanol–water partition coefficient (Wildman–Crippen LogP) is 4.55. The Bertz CT molecular complexity index is 1220. The minimum Gasteiger partial charge on any atom is -0.300 e. The van der Waals surface area contributed by atoms with E-state index in [2.05, 4.69) is 23.7 Å². The Morgan fingerprint density at radius 1 is 1.06 bits per heavy atom. The number of hydrogen-bond acceptors (Lipinski definition) is 5. The van der Waals surface area contributed by atoms with Crippen molar-refractivity contribution in [1.29, 1.82) is 0 Å². The van der Waals surface area contributed by atoms with Gasteiger partial charge in [0.2, 0.25) is 0 Å². The van der Waals surface area contributed by atoms with Gasteiger partial charge in [-0.2, -0.15) is 18.3 Å². The summed E-state index contributed by atoms with van der Waals surface area (Å²) in [5.74, 6) is 2.31. The number of alkyl halides is 3. The molecule has 0 amide bonds. The summed E-state index contributed by atoms with van der Waals surface area (Å²) in [5.41, 5.74) is 1.34. The lowest BCUT2D eigenvalue weighted by molar-refractivity contribution is -0.137. The highest BCUT2D eigenvalue weighted by Gasteiger charge is 2.59. The molecule has 4 aliphatic rings. The van der Waals surface area contributed by atoms with E-state index in [1.54, 1.807) is 0 Å². The van der Waals surface area contributed by atoms with Gasteiger partial charge in [-0.3, -0.25) is 9.67 Å². The van der Waals surface area contributed by atoms with E-state index in [-0.39, 0.29) is 11.5 Å². The van der Waals surface area contributed by atoms with Gasteiger partial charge < -0.3 is 4.90 Å². The van der Waals surface area contributed by atoms with Gasteiger partial charge in [0.15, 0.2) is 9.84 Å². The van der Waals surface area contributed by atoms with E-state index in [0.717, 1.165) is 56.7 Å². The van der Waals surface area contributed by atoms with E-state index in [4.69, 9.17) is 5.10 Å². The molecule has 0 radical (unpaired) electrons. The molecule has 6 nitrogen and oxygen atoms in total. The van der Waals surface area contributed by atoms with Crippen LogP contribution in [0.2, 0.25) is 0 Å². The van der Waals surface area contributed by atoms with Crippen LogP contribution in [0.5, 0.6) is 0 Å². The van der Waals surface area contributed by atoms with Gasteiger partial charge in [0.1, 0.15) is 0 Å². The smallest absolute Gasteiger partial charge is 0.300 e. The SMILES string of the molecule is CC(C)n1nc(-c2cncc(C(F)(F)F)c2)cc1C1[C@H]2CC(N3CCC4(CC3)CS(=O)(=O)C4)C[C@@H]12. The first kappa shape index (κ1) is 23.5. The molecule has 2 saturated heterocycles. The molecule has 2 saturated carbocycles. The zero-order valence-electron chi connectivity index (χ0n) is 20.0. The molecule has 0 N–H and O–H groups in total. The Morgan fingerprint density at radius 2 is 1.71 bits per heavy atom. The van der Waals surface area contributed by atoms with Crippen LogP contribution in [0.4, 0.5) is 13.2 Å². The third-order valence-corrected chi connectivity index (χ3v) is 10.9. The second-order valence-electron chi connectivity index (χ2n) is 11.5. The molecule has 2 aliphatic carbocycles. The van der Waals surface area contributed by atoms with Gasteiger partial charge in [0.25, 0.3) is 0 Å². The highest BCUT2D eigenvalue weighted by molar-refractivity contribution is 7.92. The first-order valence-corrected chi connectivity index (χ1v) is 14.3. The van der Waals surface area contributed by atoms with Crippen molar-refractivity contribution in [2.24, 2.45) is 17.3 Å². The van der Waals surface area contributed by atoms with Crippen molar-refractivity contribution >= 4 is 9.84 Å². The zero-order valence-corrected chi connectivity index (χ0v) is 20.8. The van der Waals surface area contributed by atoms with Crippen molar-refractivity contribution in [3.05, 3.63) is 35.8 Å². The first-order chi connectivity index (χ1) is 16.4. The third kappa shape index (κ3) is 4.10. The fourth-order valence-corrected chi connectivity index (χ4v) is 9.40. The summed E-state index contributed by atoms with van der Waals surface area (Å²) in [5, 5.41) is 4.69. The molecule has 0 aromatic carbocycles. The average Bonchev–Trinajstić information content (AvgIpc) is 3.13. The number of halogens is 3. The Labute approximate surface area is 203 Å². The predicted molar refractivity (Wildman–Crippen MR) is 125 cm³/mol. The van der Waals surface area contributed by atoms with E-state index < -0.39 is 21.6 Å². The van der Waals surface area contributed by atoms with Crippen LogP contribution >= 0.6 is 0 Å². The highest BCUT2D eigenvalue weighted by atomic mass is 32.2. The van der Waals surface area contributed by atoms with Crippen LogP contribution in [-0.4, -0.2) is 58.7 Å². The number of aromatic nitrogens is 3. The summed E-state index contributed by atoms with van der Waals surface area (Å²) in [4.78, 5) is 6.38. The summed E-state index contributed by atoms with van der Waals surface area (Å²) in [6.45, 7) is 6.08. The maximum atomic E-state index is 13.2. The average molecular weight is 509 g/mol. The lowest BCUT2D eigenvalue weighted by Crippen LogP contribution is -2.55. The lowest BCUT2D eigenvalue weighted by Gasteiger charge is -2.48. The van der Waals surface area contributed by atoms with E-state index in [0.29, 0.717) is 46.6 Å².